The van der Waals surface area contributed by atoms with E-state index in [4.69, 9.17) is 14.2 Å². The van der Waals surface area contributed by atoms with Crippen LogP contribution >= 0.6 is 0 Å². The minimum absolute atomic E-state index is 0.0933. The number of urea groups is 1. The molecule has 0 bridgehead atoms. The first kappa shape index (κ1) is 15.4. The first-order valence-electron chi connectivity index (χ1n) is 6.35. The van der Waals surface area contributed by atoms with Crippen molar-refractivity contribution in [3.8, 4) is 11.5 Å². The fourth-order valence-corrected chi connectivity index (χ4v) is 1.61. The van der Waals surface area contributed by atoms with Crippen molar-refractivity contribution in [1.82, 2.24) is 10.6 Å². The number of carbonyl (C=O) groups is 3. The molecule has 0 fully saturated rings. The van der Waals surface area contributed by atoms with Gasteiger partial charge in [-0.3, -0.25) is 10.1 Å². The summed E-state index contributed by atoms with van der Waals surface area (Å²) in [4.78, 5) is 34.4. The quantitative estimate of drug-likeness (QED) is 0.609. The Morgan fingerprint density at radius 2 is 2.05 bits per heavy atom. The number of esters is 1. The highest BCUT2D eigenvalue weighted by Crippen LogP contribution is 2.32. The zero-order chi connectivity index (χ0) is 15.9. The van der Waals surface area contributed by atoms with Crippen LogP contribution in [0.4, 0.5) is 4.79 Å². The number of benzene rings is 1. The van der Waals surface area contributed by atoms with Gasteiger partial charge in [0.1, 0.15) is 0 Å². The van der Waals surface area contributed by atoms with Crippen molar-refractivity contribution >= 4 is 17.9 Å². The van der Waals surface area contributed by atoms with Crippen molar-refractivity contribution in [2.75, 3.05) is 19.9 Å². The molecule has 3 amide bonds. The first-order chi connectivity index (χ1) is 10.6. The number of hydrogen-bond donors (Lipinski definition) is 2. The molecule has 1 heterocycles. The van der Waals surface area contributed by atoms with E-state index in [9.17, 15) is 14.4 Å². The summed E-state index contributed by atoms with van der Waals surface area (Å²) in [6.07, 6.45) is 1.46. The van der Waals surface area contributed by atoms with Gasteiger partial charge in [0, 0.05) is 6.54 Å². The second kappa shape index (κ2) is 7.11. The predicted molar refractivity (Wildman–Crippen MR) is 74.6 cm³/mol. The van der Waals surface area contributed by atoms with Gasteiger partial charge in [-0.15, -0.1) is 6.58 Å². The lowest BCUT2D eigenvalue weighted by atomic mass is 10.2. The minimum atomic E-state index is -0.740. The molecule has 0 unspecified atom stereocenters. The van der Waals surface area contributed by atoms with E-state index >= 15 is 0 Å². The van der Waals surface area contributed by atoms with Crippen LogP contribution in [0.1, 0.15) is 10.4 Å². The highest BCUT2D eigenvalue weighted by molar-refractivity contribution is 5.97. The van der Waals surface area contributed by atoms with Crippen LogP contribution in [0, 0.1) is 0 Å². The van der Waals surface area contributed by atoms with Crippen LogP contribution in [-0.4, -0.2) is 37.9 Å². The predicted octanol–water partition coefficient (Wildman–Crippen LogP) is 0.584. The monoisotopic (exact) mass is 306 g/mol. The van der Waals surface area contributed by atoms with Crippen molar-refractivity contribution < 1.29 is 28.6 Å². The fraction of sp³-hybridized carbons (Fsp3) is 0.214. The number of amides is 3. The molecule has 2 rings (SSSR count). The van der Waals surface area contributed by atoms with Crippen LogP contribution in [0.3, 0.4) is 0 Å². The summed E-state index contributed by atoms with van der Waals surface area (Å²) in [5.74, 6) is -0.480. The van der Waals surface area contributed by atoms with E-state index < -0.39 is 24.5 Å². The summed E-state index contributed by atoms with van der Waals surface area (Å²) in [5, 5.41) is 4.36. The van der Waals surface area contributed by atoms with Crippen molar-refractivity contribution in [2.45, 2.75) is 0 Å². The van der Waals surface area contributed by atoms with Gasteiger partial charge in [0.25, 0.3) is 5.91 Å². The third kappa shape index (κ3) is 3.98. The molecule has 8 nitrogen and oxygen atoms in total. The molecule has 0 spiro atoms. The Morgan fingerprint density at radius 1 is 1.27 bits per heavy atom. The Labute approximate surface area is 126 Å². The molecule has 2 N–H and O–H groups in total. The Bertz CT molecular complexity index is 613. The second-order valence-electron chi connectivity index (χ2n) is 4.19. The van der Waals surface area contributed by atoms with Gasteiger partial charge in [-0.25, -0.2) is 9.59 Å². The molecule has 0 saturated heterocycles. The minimum Gasteiger partial charge on any atom is -0.454 e. The molecular formula is C14H14N2O6. The van der Waals surface area contributed by atoms with E-state index in [1.807, 2.05) is 5.32 Å². The molecule has 8 heteroatoms. The highest BCUT2D eigenvalue weighted by Gasteiger charge is 2.18. The normalized spacial score (nSPS) is 11.5. The number of imide groups is 1. The summed E-state index contributed by atoms with van der Waals surface area (Å²) in [5.41, 5.74) is 0.216. The van der Waals surface area contributed by atoms with E-state index in [0.29, 0.717) is 11.5 Å². The van der Waals surface area contributed by atoms with Gasteiger partial charge in [0.05, 0.1) is 5.56 Å². The molecule has 0 atom stereocenters. The lowest BCUT2D eigenvalue weighted by molar-refractivity contribution is -0.123. The van der Waals surface area contributed by atoms with E-state index in [0.717, 1.165) is 0 Å². The number of ether oxygens (including phenoxy) is 3. The van der Waals surface area contributed by atoms with E-state index in [-0.39, 0.29) is 18.9 Å². The maximum absolute atomic E-state index is 11.8. The van der Waals surface area contributed by atoms with Gasteiger partial charge in [-0.2, -0.15) is 0 Å². The van der Waals surface area contributed by atoms with Crippen LogP contribution in [-0.2, 0) is 9.53 Å². The molecule has 0 aliphatic carbocycles. The van der Waals surface area contributed by atoms with Gasteiger partial charge in [-0.1, -0.05) is 6.08 Å². The SMILES string of the molecule is C=CCNC(=O)NC(=O)COC(=O)c1ccc2c(c1)OCO2. The third-order valence-corrected chi connectivity index (χ3v) is 2.60. The maximum atomic E-state index is 11.8. The van der Waals surface area contributed by atoms with Gasteiger partial charge in [-0.05, 0) is 18.2 Å². The number of rotatable bonds is 5. The average molecular weight is 306 g/mol. The molecule has 0 radical (unpaired) electrons. The summed E-state index contributed by atoms with van der Waals surface area (Å²) in [6, 6.07) is 3.83. The zero-order valence-corrected chi connectivity index (χ0v) is 11.6. The molecule has 0 aromatic heterocycles. The van der Waals surface area contributed by atoms with Gasteiger partial charge < -0.3 is 19.5 Å². The molecule has 1 aromatic carbocycles. The number of hydrogen-bond acceptors (Lipinski definition) is 6. The third-order valence-electron chi connectivity index (χ3n) is 2.60. The van der Waals surface area contributed by atoms with Crippen molar-refractivity contribution in [1.29, 1.82) is 0 Å². The van der Waals surface area contributed by atoms with Gasteiger partial charge >= 0.3 is 12.0 Å². The van der Waals surface area contributed by atoms with Gasteiger partial charge in [0.2, 0.25) is 6.79 Å². The van der Waals surface area contributed by atoms with Crippen molar-refractivity contribution in [3.63, 3.8) is 0 Å². The fourth-order valence-electron chi connectivity index (χ4n) is 1.61. The number of carbonyl (C=O) groups excluding carboxylic acids is 3. The number of nitrogens with one attached hydrogen (secondary N) is 2. The largest absolute Gasteiger partial charge is 0.454 e. The molecule has 0 saturated carbocycles. The summed E-state index contributed by atoms with van der Waals surface area (Å²) < 4.78 is 15.1. The van der Waals surface area contributed by atoms with Crippen LogP contribution < -0.4 is 20.1 Å². The molecule has 1 aromatic rings. The zero-order valence-electron chi connectivity index (χ0n) is 11.6. The Kier molecular flexibility index (Phi) is 4.97. The summed E-state index contributed by atoms with van der Waals surface area (Å²) in [7, 11) is 0. The second-order valence-corrected chi connectivity index (χ2v) is 4.19. The van der Waals surface area contributed by atoms with Crippen LogP contribution in [0.5, 0.6) is 11.5 Å². The van der Waals surface area contributed by atoms with Crippen LogP contribution in [0.25, 0.3) is 0 Å². The van der Waals surface area contributed by atoms with Crippen LogP contribution in [0.15, 0.2) is 30.9 Å². The summed E-state index contributed by atoms with van der Waals surface area (Å²) >= 11 is 0. The summed E-state index contributed by atoms with van der Waals surface area (Å²) in [6.45, 7) is 3.15. The Balaban J connectivity index is 1.81. The topological polar surface area (TPSA) is 103 Å². The van der Waals surface area contributed by atoms with E-state index in [1.54, 1.807) is 6.07 Å². The van der Waals surface area contributed by atoms with Crippen molar-refractivity contribution in [3.05, 3.63) is 36.4 Å². The molecular weight excluding hydrogens is 292 g/mol. The molecule has 22 heavy (non-hydrogen) atoms. The van der Waals surface area contributed by atoms with E-state index in [1.165, 1.54) is 18.2 Å². The lowest BCUT2D eigenvalue weighted by Gasteiger charge is -2.06. The Hall–Kier alpha value is -3.03. The molecule has 116 valence electrons. The molecule has 1 aliphatic rings. The number of fused-ring (bicyclic) bond motifs is 1. The molecule has 1 aliphatic heterocycles. The van der Waals surface area contributed by atoms with Gasteiger partial charge in [0.15, 0.2) is 18.1 Å². The maximum Gasteiger partial charge on any atom is 0.338 e. The van der Waals surface area contributed by atoms with E-state index in [2.05, 4.69) is 11.9 Å². The average Bonchev–Trinajstić information content (AvgIpc) is 2.98. The van der Waals surface area contributed by atoms with Crippen molar-refractivity contribution in [2.24, 2.45) is 0 Å². The highest BCUT2D eigenvalue weighted by atomic mass is 16.7. The lowest BCUT2D eigenvalue weighted by Crippen LogP contribution is -2.41. The van der Waals surface area contributed by atoms with Crippen LogP contribution in [0.2, 0.25) is 0 Å². The first-order valence-corrected chi connectivity index (χ1v) is 6.35. The standard InChI is InChI=1S/C14H14N2O6/c1-2-5-15-14(19)16-12(17)7-20-13(18)9-3-4-10-11(6-9)22-8-21-10/h2-4,6H,1,5,7-8H2,(H2,15,16,17,19). The Morgan fingerprint density at radius 3 is 2.82 bits per heavy atom. The smallest absolute Gasteiger partial charge is 0.338 e.